The number of nitrogens with one attached hydrogen (secondary N) is 1. The number of nitrogens with zero attached hydrogens (tertiary/aromatic N) is 3. The van der Waals surface area contributed by atoms with Crippen LogP contribution in [0.5, 0.6) is 0 Å². The van der Waals surface area contributed by atoms with Crippen LogP contribution in [0.4, 0.5) is 11.4 Å². The Balaban J connectivity index is 1.96. The van der Waals surface area contributed by atoms with Crippen LogP contribution in [0.3, 0.4) is 0 Å². The summed E-state index contributed by atoms with van der Waals surface area (Å²) in [5.74, 6) is 0. The summed E-state index contributed by atoms with van der Waals surface area (Å²) in [4.78, 5) is 0. The van der Waals surface area contributed by atoms with Gasteiger partial charge in [0.15, 0.2) is 0 Å². The average molecular weight is 302 g/mol. The molecule has 0 aliphatic carbocycles. The quantitative estimate of drug-likeness (QED) is 0.305. The zero-order valence-corrected chi connectivity index (χ0v) is 11.2. The van der Waals surface area contributed by atoms with E-state index in [4.69, 9.17) is 0 Å². The van der Waals surface area contributed by atoms with Gasteiger partial charge in [-0.2, -0.15) is 0 Å². The first-order valence-corrected chi connectivity index (χ1v) is 6.23. The fourth-order valence-electron chi connectivity index (χ4n) is 1.24. The summed E-state index contributed by atoms with van der Waals surface area (Å²) in [7, 11) is 0. The Kier molecular flexibility index (Phi) is 4.64. The van der Waals surface area contributed by atoms with Gasteiger partial charge >= 0.3 is 114 Å². The number of hydrogen-bond donors (Lipinski definition) is 1. The van der Waals surface area contributed by atoms with Gasteiger partial charge in [0.25, 0.3) is 0 Å². The van der Waals surface area contributed by atoms with Gasteiger partial charge in [-0.05, 0) is 0 Å². The monoisotopic (exact) mass is 303 g/mol. The van der Waals surface area contributed by atoms with Crippen LogP contribution < -0.4 is 5.43 Å². The molecule has 1 radical (unpaired) electrons. The molecule has 2 aromatic rings. The Morgan fingerprint density at radius 3 is 2.17 bits per heavy atom. The molecule has 0 atom stereocenters. The molecule has 0 heterocycles. The van der Waals surface area contributed by atoms with Crippen molar-refractivity contribution in [2.45, 2.75) is 0 Å². The van der Waals surface area contributed by atoms with Gasteiger partial charge in [0.05, 0.1) is 0 Å². The molecule has 0 saturated heterocycles. The Morgan fingerprint density at radius 1 is 0.889 bits per heavy atom. The van der Waals surface area contributed by atoms with E-state index in [0.717, 1.165) is 11.4 Å². The van der Waals surface area contributed by atoms with Crippen LogP contribution >= 0.6 is 0 Å². The van der Waals surface area contributed by atoms with E-state index in [2.05, 4.69) is 36.8 Å². The van der Waals surface area contributed by atoms with Crippen LogP contribution in [0, 0.1) is 0 Å². The molecule has 89 valence electrons. The molecule has 0 bridgehead atoms. The average Bonchev–Trinajstić information content (AvgIpc) is 2.45. The number of anilines is 1. The Bertz CT molecular complexity index is 537. The second kappa shape index (κ2) is 6.69. The summed E-state index contributed by atoms with van der Waals surface area (Å²) in [5, 5.41) is 12.1. The number of azo groups is 1. The van der Waals surface area contributed by atoms with Crippen molar-refractivity contribution in [1.82, 2.24) is 0 Å². The maximum absolute atomic E-state index is 4.06. The van der Waals surface area contributed by atoms with Crippen LogP contribution in [0.2, 0.25) is 0 Å². The molecule has 0 unspecified atom stereocenters. The molecule has 18 heavy (non-hydrogen) atoms. The van der Waals surface area contributed by atoms with Crippen molar-refractivity contribution in [2.24, 2.45) is 15.3 Å². The van der Waals surface area contributed by atoms with Crippen LogP contribution in [-0.4, -0.2) is 20.7 Å². The van der Waals surface area contributed by atoms with Gasteiger partial charge in [0.1, 0.15) is 0 Å². The van der Waals surface area contributed by atoms with Crippen molar-refractivity contribution in [1.29, 1.82) is 0 Å². The van der Waals surface area contributed by atoms with Crippen molar-refractivity contribution in [3.8, 4) is 0 Å². The minimum absolute atomic E-state index is 0.447. The fraction of sp³-hybridized carbons (Fsp3) is 0. The third-order valence-electron chi connectivity index (χ3n) is 2.06. The van der Waals surface area contributed by atoms with Gasteiger partial charge in [-0.1, -0.05) is 0 Å². The molecule has 2 aromatic carbocycles. The molecule has 5 heteroatoms. The molecule has 0 aliphatic rings. The summed E-state index contributed by atoms with van der Waals surface area (Å²) in [6.07, 6.45) is 0. The number of para-hydroxylation sites is 1. The Hall–Kier alpha value is -1.97. The SMILES string of the molecule is [Se]C(N=Nc1ccccc1)=NNc1ccccc1. The van der Waals surface area contributed by atoms with Crippen LogP contribution in [0.1, 0.15) is 0 Å². The van der Waals surface area contributed by atoms with Gasteiger partial charge in [-0.3, -0.25) is 0 Å². The van der Waals surface area contributed by atoms with E-state index in [1.807, 2.05) is 60.7 Å². The van der Waals surface area contributed by atoms with E-state index < -0.39 is 0 Å². The summed E-state index contributed by atoms with van der Waals surface area (Å²) < 4.78 is 0.447. The van der Waals surface area contributed by atoms with Gasteiger partial charge in [-0.15, -0.1) is 0 Å². The predicted octanol–water partition coefficient (Wildman–Crippen LogP) is 3.32. The third kappa shape index (κ3) is 4.12. The number of rotatable bonds is 3. The first-order valence-electron chi connectivity index (χ1n) is 5.37. The summed E-state index contributed by atoms with van der Waals surface area (Å²) >= 11 is 2.74. The zero-order valence-electron chi connectivity index (χ0n) is 9.52. The van der Waals surface area contributed by atoms with E-state index in [9.17, 15) is 0 Å². The molecule has 0 aromatic heterocycles. The van der Waals surface area contributed by atoms with E-state index in [1.54, 1.807) is 0 Å². The third-order valence-corrected chi connectivity index (χ3v) is 2.42. The van der Waals surface area contributed by atoms with Crippen LogP contribution in [0.25, 0.3) is 0 Å². The molecule has 0 aliphatic heterocycles. The normalized spacial score (nSPS) is 11.7. The van der Waals surface area contributed by atoms with E-state index in [1.165, 1.54) is 0 Å². The van der Waals surface area contributed by atoms with Gasteiger partial charge in [0.2, 0.25) is 0 Å². The van der Waals surface area contributed by atoms with Crippen molar-refractivity contribution in [3.05, 3.63) is 60.7 Å². The first kappa shape index (κ1) is 12.5. The fourth-order valence-corrected chi connectivity index (χ4v) is 1.42. The second-order valence-corrected chi connectivity index (χ2v) is 4.17. The molecular formula is C13H11N4Se. The van der Waals surface area contributed by atoms with Crippen LogP contribution in [0.15, 0.2) is 76.0 Å². The molecule has 1 N–H and O–H groups in total. The van der Waals surface area contributed by atoms with E-state index >= 15 is 0 Å². The van der Waals surface area contributed by atoms with Crippen LogP contribution in [-0.2, 0) is 0 Å². The summed E-state index contributed by atoms with van der Waals surface area (Å²) in [6, 6.07) is 19.2. The molecule has 2 rings (SSSR count). The molecule has 0 amide bonds. The van der Waals surface area contributed by atoms with Crippen molar-refractivity contribution < 1.29 is 0 Å². The molecule has 4 nitrogen and oxygen atoms in total. The number of hydrogen-bond acceptors (Lipinski definition) is 3. The first-order chi connectivity index (χ1) is 8.84. The second-order valence-electron chi connectivity index (χ2n) is 3.41. The number of benzene rings is 2. The zero-order chi connectivity index (χ0) is 12.6. The van der Waals surface area contributed by atoms with Gasteiger partial charge < -0.3 is 0 Å². The molecule has 0 saturated carbocycles. The van der Waals surface area contributed by atoms with Crippen molar-refractivity contribution >= 4 is 32.1 Å². The Labute approximate surface area is 114 Å². The predicted molar refractivity (Wildman–Crippen MR) is 74.2 cm³/mol. The summed E-state index contributed by atoms with van der Waals surface area (Å²) in [5.41, 5.74) is 4.58. The van der Waals surface area contributed by atoms with Crippen molar-refractivity contribution in [2.75, 3.05) is 5.43 Å². The standard InChI is InChI=1S/C13H11N4Se/c18-13(16-14-11-7-3-1-4-8-11)17-15-12-9-5-2-6-10-12/h1-10,14H. The van der Waals surface area contributed by atoms with Gasteiger partial charge in [0, 0.05) is 0 Å². The van der Waals surface area contributed by atoms with Gasteiger partial charge in [-0.25, -0.2) is 0 Å². The topological polar surface area (TPSA) is 49.1 Å². The maximum atomic E-state index is 4.06. The molecule has 0 spiro atoms. The minimum atomic E-state index is 0.447. The molecular weight excluding hydrogens is 291 g/mol. The molecule has 0 fully saturated rings. The summed E-state index contributed by atoms with van der Waals surface area (Å²) in [6.45, 7) is 0. The van der Waals surface area contributed by atoms with E-state index in [-0.39, 0.29) is 0 Å². The van der Waals surface area contributed by atoms with Crippen molar-refractivity contribution in [3.63, 3.8) is 0 Å². The number of hydrazone groups is 1. The number of amidine groups is 1. The Morgan fingerprint density at radius 2 is 1.50 bits per heavy atom. The van der Waals surface area contributed by atoms with E-state index in [0.29, 0.717) is 4.73 Å².